The summed E-state index contributed by atoms with van der Waals surface area (Å²) in [5.74, 6) is 2.99. The minimum atomic E-state index is 0.174. The molecule has 1 saturated carbocycles. The molecule has 2 aromatic rings. The van der Waals surface area contributed by atoms with Gasteiger partial charge in [-0.05, 0) is 37.3 Å². The van der Waals surface area contributed by atoms with E-state index in [0.717, 1.165) is 43.1 Å². The highest BCUT2D eigenvalue weighted by molar-refractivity contribution is 5.36. The summed E-state index contributed by atoms with van der Waals surface area (Å²) in [6, 6.07) is 8.41. The largest absolute Gasteiger partial charge is 0.493 e. The summed E-state index contributed by atoms with van der Waals surface area (Å²) >= 11 is 0. The first-order chi connectivity index (χ1) is 10.3. The predicted octanol–water partition coefficient (Wildman–Crippen LogP) is 2.38. The minimum absolute atomic E-state index is 0.174. The molecule has 0 spiro atoms. The number of rotatable bonds is 2. The fourth-order valence-corrected chi connectivity index (χ4v) is 3.31. The predicted molar refractivity (Wildman–Crippen MR) is 77.2 cm³/mol. The maximum atomic E-state index is 5.96. The van der Waals surface area contributed by atoms with Crippen molar-refractivity contribution in [3.63, 3.8) is 0 Å². The zero-order chi connectivity index (χ0) is 14.2. The van der Waals surface area contributed by atoms with Crippen molar-refractivity contribution in [1.82, 2.24) is 10.1 Å². The summed E-state index contributed by atoms with van der Waals surface area (Å²) in [7, 11) is 0. The average Bonchev–Trinajstić information content (AvgIpc) is 3.15. The Labute approximate surface area is 123 Å². The molecule has 1 aliphatic heterocycles. The van der Waals surface area contributed by atoms with Gasteiger partial charge in [0.05, 0.1) is 12.5 Å². The Bertz CT molecular complexity index is 640. The smallest absolute Gasteiger partial charge is 0.229 e. The SMILES string of the molecule is N[C@H]1CC[C@@H](c2nc(C3COc4ccccc4C3)no2)C1. The summed E-state index contributed by atoms with van der Waals surface area (Å²) in [4.78, 5) is 4.61. The molecule has 0 saturated heterocycles. The highest BCUT2D eigenvalue weighted by Crippen LogP contribution is 2.35. The van der Waals surface area contributed by atoms with Crippen LogP contribution in [0.3, 0.4) is 0 Å². The molecule has 1 aromatic heterocycles. The van der Waals surface area contributed by atoms with Gasteiger partial charge < -0.3 is 15.0 Å². The fourth-order valence-electron chi connectivity index (χ4n) is 3.31. The van der Waals surface area contributed by atoms with E-state index in [1.54, 1.807) is 0 Å². The van der Waals surface area contributed by atoms with E-state index in [-0.39, 0.29) is 12.0 Å². The first-order valence-electron chi connectivity index (χ1n) is 7.59. The second-order valence-corrected chi connectivity index (χ2v) is 6.08. The second kappa shape index (κ2) is 5.15. The van der Waals surface area contributed by atoms with Gasteiger partial charge in [0, 0.05) is 12.0 Å². The number of hydrogen-bond donors (Lipinski definition) is 1. The van der Waals surface area contributed by atoms with Crippen LogP contribution in [0.5, 0.6) is 5.75 Å². The van der Waals surface area contributed by atoms with Crippen LogP contribution in [-0.4, -0.2) is 22.8 Å². The zero-order valence-electron chi connectivity index (χ0n) is 11.9. The van der Waals surface area contributed by atoms with Gasteiger partial charge in [-0.25, -0.2) is 0 Å². The van der Waals surface area contributed by atoms with Crippen LogP contribution in [0.4, 0.5) is 0 Å². The van der Waals surface area contributed by atoms with Crippen LogP contribution in [-0.2, 0) is 6.42 Å². The Balaban J connectivity index is 1.52. The topological polar surface area (TPSA) is 74.2 Å². The molecule has 2 heterocycles. The molecule has 110 valence electrons. The van der Waals surface area contributed by atoms with Gasteiger partial charge >= 0.3 is 0 Å². The highest BCUT2D eigenvalue weighted by Gasteiger charge is 2.30. The summed E-state index contributed by atoms with van der Waals surface area (Å²) in [6.45, 7) is 0.611. The zero-order valence-corrected chi connectivity index (χ0v) is 11.9. The number of benzene rings is 1. The van der Waals surface area contributed by atoms with Gasteiger partial charge in [-0.1, -0.05) is 23.4 Å². The Kier molecular flexibility index (Phi) is 3.15. The van der Waals surface area contributed by atoms with E-state index in [1.165, 1.54) is 5.56 Å². The standard InChI is InChI=1S/C16H19N3O2/c17-13-6-5-11(8-13)16-18-15(19-21-16)12-7-10-3-1-2-4-14(10)20-9-12/h1-4,11-13H,5-9,17H2/t11-,12?,13+/m1/s1. The monoisotopic (exact) mass is 285 g/mol. The summed E-state index contributed by atoms with van der Waals surface area (Å²) in [6.07, 6.45) is 3.94. The lowest BCUT2D eigenvalue weighted by atomic mass is 9.96. The van der Waals surface area contributed by atoms with E-state index in [0.29, 0.717) is 12.5 Å². The van der Waals surface area contributed by atoms with Crippen molar-refractivity contribution in [3.05, 3.63) is 41.5 Å². The number of nitrogens with zero attached hydrogens (tertiary/aromatic N) is 2. The molecular weight excluding hydrogens is 266 g/mol. The van der Waals surface area contributed by atoms with Crippen LogP contribution in [0.1, 0.15) is 48.4 Å². The lowest BCUT2D eigenvalue weighted by Crippen LogP contribution is -2.20. The molecule has 5 nitrogen and oxygen atoms in total. The van der Waals surface area contributed by atoms with Gasteiger partial charge in [-0.15, -0.1) is 0 Å². The molecule has 5 heteroatoms. The van der Waals surface area contributed by atoms with E-state index in [4.69, 9.17) is 15.0 Å². The van der Waals surface area contributed by atoms with Crippen LogP contribution in [0.15, 0.2) is 28.8 Å². The number of hydrogen-bond acceptors (Lipinski definition) is 5. The molecule has 3 atom stereocenters. The van der Waals surface area contributed by atoms with Gasteiger partial charge in [0.25, 0.3) is 0 Å². The van der Waals surface area contributed by atoms with Gasteiger partial charge in [0.2, 0.25) is 5.89 Å². The minimum Gasteiger partial charge on any atom is -0.493 e. The van der Waals surface area contributed by atoms with Crippen LogP contribution >= 0.6 is 0 Å². The van der Waals surface area contributed by atoms with Gasteiger partial charge in [-0.2, -0.15) is 4.98 Å². The summed E-state index contributed by atoms with van der Waals surface area (Å²) in [5.41, 5.74) is 7.17. The molecule has 2 N–H and O–H groups in total. The lowest BCUT2D eigenvalue weighted by Gasteiger charge is -2.22. The molecule has 1 fully saturated rings. The average molecular weight is 285 g/mol. The van der Waals surface area contributed by atoms with Crippen LogP contribution < -0.4 is 10.5 Å². The van der Waals surface area contributed by atoms with Gasteiger partial charge in [0.1, 0.15) is 5.75 Å². The van der Waals surface area contributed by atoms with Crippen LogP contribution in [0, 0.1) is 0 Å². The Morgan fingerprint density at radius 3 is 2.90 bits per heavy atom. The molecule has 1 unspecified atom stereocenters. The van der Waals surface area contributed by atoms with E-state index in [9.17, 15) is 0 Å². The van der Waals surface area contributed by atoms with Crippen molar-refractivity contribution < 1.29 is 9.26 Å². The van der Waals surface area contributed by atoms with Crippen molar-refractivity contribution in [2.24, 2.45) is 5.73 Å². The van der Waals surface area contributed by atoms with E-state index < -0.39 is 0 Å². The van der Waals surface area contributed by atoms with Crippen molar-refractivity contribution in [2.45, 2.75) is 43.6 Å². The molecule has 1 aliphatic carbocycles. The summed E-state index contributed by atoms with van der Waals surface area (Å²) < 4.78 is 11.3. The molecule has 21 heavy (non-hydrogen) atoms. The molecular formula is C16H19N3O2. The summed E-state index contributed by atoms with van der Waals surface area (Å²) in [5, 5.41) is 4.18. The lowest BCUT2D eigenvalue weighted by molar-refractivity contribution is 0.253. The molecule has 0 amide bonds. The Morgan fingerprint density at radius 2 is 2.05 bits per heavy atom. The van der Waals surface area contributed by atoms with Crippen molar-refractivity contribution in [3.8, 4) is 5.75 Å². The molecule has 0 radical (unpaired) electrons. The van der Waals surface area contributed by atoms with E-state index in [1.807, 2.05) is 18.2 Å². The van der Waals surface area contributed by atoms with Crippen molar-refractivity contribution >= 4 is 0 Å². The molecule has 1 aromatic carbocycles. The molecule has 2 aliphatic rings. The van der Waals surface area contributed by atoms with E-state index >= 15 is 0 Å². The number of para-hydroxylation sites is 1. The Morgan fingerprint density at radius 1 is 1.14 bits per heavy atom. The number of nitrogens with two attached hydrogens (primary N) is 1. The third kappa shape index (κ3) is 2.42. The third-order valence-electron chi connectivity index (χ3n) is 4.52. The van der Waals surface area contributed by atoms with Crippen LogP contribution in [0.25, 0.3) is 0 Å². The Hall–Kier alpha value is -1.88. The van der Waals surface area contributed by atoms with Gasteiger partial charge in [-0.3, -0.25) is 0 Å². The number of ether oxygens (including phenoxy) is 1. The maximum Gasteiger partial charge on any atom is 0.229 e. The molecule has 0 bridgehead atoms. The van der Waals surface area contributed by atoms with Gasteiger partial charge in [0.15, 0.2) is 5.82 Å². The van der Waals surface area contributed by atoms with Crippen molar-refractivity contribution in [1.29, 1.82) is 0 Å². The van der Waals surface area contributed by atoms with Crippen LogP contribution in [0.2, 0.25) is 0 Å². The quantitative estimate of drug-likeness (QED) is 0.917. The first-order valence-corrected chi connectivity index (χ1v) is 7.59. The van der Waals surface area contributed by atoms with Crippen molar-refractivity contribution in [2.75, 3.05) is 6.61 Å². The van der Waals surface area contributed by atoms with E-state index in [2.05, 4.69) is 16.2 Å². The number of aromatic nitrogens is 2. The first kappa shape index (κ1) is 12.8. The normalized spacial score (nSPS) is 28.1. The third-order valence-corrected chi connectivity index (χ3v) is 4.52. The highest BCUT2D eigenvalue weighted by atomic mass is 16.5. The fraction of sp³-hybridized carbons (Fsp3) is 0.500. The second-order valence-electron chi connectivity index (χ2n) is 6.08. The molecule has 4 rings (SSSR count). The maximum absolute atomic E-state index is 5.96. The number of fused-ring (bicyclic) bond motifs is 1.